The number of benzene rings is 2. The van der Waals surface area contributed by atoms with Crippen molar-refractivity contribution in [1.29, 1.82) is 0 Å². The molecule has 2 rings (SSSR count). The van der Waals surface area contributed by atoms with Crippen LogP contribution >= 0.6 is 0 Å². The molecule has 0 saturated carbocycles. The Morgan fingerprint density at radius 2 is 1.70 bits per heavy atom. The van der Waals surface area contributed by atoms with E-state index in [1.807, 2.05) is 50.2 Å². The number of rotatable bonds is 4. The van der Waals surface area contributed by atoms with E-state index in [1.54, 1.807) is 6.21 Å². The topological polar surface area (TPSA) is 52.8 Å². The minimum absolute atomic E-state index is 0.0290. The van der Waals surface area contributed by atoms with Crippen molar-refractivity contribution in [3.05, 3.63) is 64.2 Å². The Bertz CT molecular complexity index is 616. The number of hydrogen-bond acceptors (Lipinski definition) is 3. The standard InChI is InChI=1S/C17H19NO2/c1-12-7-16(11-20)13(2)17(8-12)18-9-14-3-5-15(10-19)6-4-14/h3-9,19-20H,10-11H2,1-2H3. The first-order valence-electron chi connectivity index (χ1n) is 6.59. The van der Waals surface area contributed by atoms with Gasteiger partial charge in [0.15, 0.2) is 0 Å². The number of nitrogens with zero attached hydrogens (tertiary/aromatic N) is 1. The van der Waals surface area contributed by atoms with Crippen molar-refractivity contribution in [2.75, 3.05) is 0 Å². The van der Waals surface area contributed by atoms with Crippen molar-refractivity contribution in [2.24, 2.45) is 4.99 Å². The van der Waals surface area contributed by atoms with Gasteiger partial charge in [0.25, 0.3) is 0 Å². The molecule has 0 heterocycles. The van der Waals surface area contributed by atoms with Gasteiger partial charge >= 0.3 is 0 Å². The van der Waals surface area contributed by atoms with E-state index in [9.17, 15) is 5.11 Å². The third-order valence-corrected chi connectivity index (χ3v) is 3.32. The van der Waals surface area contributed by atoms with Crippen LogP contribution in [0.25, 0.3) is 0 Å². The average molecular weight is 269 g/mol. The summed E-state index contributed by atoms with van der Waals surface area (Å²) in [5.74, 6) is 0. The first-order chi connectivity index (χ1) is 9.63. The van der Waals surface area contributed by atoms with Crippen molar-refractivity contribution in [3.63, 3.8) is 0 Å². The summed E-state index contributed by atoms with van der Waals surface area (Å²) in [4.78, 5) is 4.50. The maximum absolute atomic E-state index is 9.33. The molecule has 2 aromatic carbocycles. The van der Waals surface area contributed by atoms with E-state index in [1.165, 1.54) is 0 Å². The van der Waals surface area contributed by atoms with Gasteiger partial charge in [0.2, 0.25) is 0 Å². The van der Waals surface area contributed by atoms with Crippen LogP contribution in [0.2, 0.25) is 0 Å². The second-order valence-corrected chi connectivity index (χ2v) is 4.88. The lowest BCUT2D eigenvalue weighted by Gasteiger charge is -2.07. The monoisotopic (exact) mass is 269 g/mol. The zero-order chi connectivity index (χ0) is 14.5. The lowest BCUT2D eigenvalue weighted by atomic mass is 10.0. The highest BCUT2D eigenvalue weighted by atomic mass is 16.3. The molecule has 0 saturated heterocycles. The van der Waals surface area contributed by atoms with Gasteiger partial charge in [0.1, 0.15) is 0 Å². The zero-order valence-corrected chi connectivity index (χ0v) is 11.8. The van der Waals surface area contributed by atoms with Gasteiger partial charge in [0.05, 0.1) is 18.9 Å². The predicted molar refractivity (Wildman–Crippen MR) is 81.5 cm³/mol. The Kier molecular flexibility index (Phi) is 4.66. The molecule has 0 atom stereocenters. The molecule has 0 aliphatic carbocycles. The van der Waals surface area contributed by atoms with E-state index in [0.29, 0.717) is 0 Å². The molecule has 0 aliphatic heterocycles. The van der Waals surface area contributed by atoms with E-state index in [4.69, 9.17) is 5.11 Å². The van der Waals surface area contributed by atoms with Gasteiger partial charge in [-0.1, -0.05) is 30.3 Å². The van der Waals surface area contributed by atoms with Crippen LogP contribution in [0.1, 0.15) is 27.8 Å². The minimum Gasteiger partial charge on any atom is -0.392 e. The van der Waals surface area contributed by atoms with Crippen LogP contribution in [-0.4, -0.2) is 16.4 Å². The van der Waals surface area contributed by atoms with E-state index >= 15 is 0 Å². The van der Waals surface area contributed by atoms with Gasteiger partial charge in [-0.25, -0.2) is 0 Å². The van der Waals surface area contributed by atoms with Gasteiger partial charge in [-0.05, 0) is 47.7 Å². The third kappa shape index (κ3) is 3.32. The highest BCUT2D eigenvalue weighted by Gasteiger charge is 2.03. The van der Waals surface area contributed by atoms with E-state index < -0.39 is 0 Å². The second-order valence-electron chi connectivity index (χ2n) is 4.88. The minimum atomic E-state index is 0.0290. The lowest BCUT2D eigenvalue weighted by molar-refractivity contribution is 0.281. The number of hydrogen-bond donors (Lipinski definition) is 2. The molecule has 3 nitrogen and oxygen atoms in total. The molecule has 0 spiro atoms. The fourth-order valence-electron chi connectivity index (χ4n) is 2.06. The number of aliphatic hydroxyl groups excluding tert-OH is 2. The maximum Gasteiger partial charge on any atom is 0.0685 e. The lowest BCUT2D eigenvalue weighted by Crippen LogP contribution is -1.91. The molecule has 0 amide bonds. The number of aliphatic hydroxyl groups is 2. The molecule has 0 radical (unpaired) electrons. The van der Waals surface area contributed by atoms with Crippen LogP contribution in [-0.2, 0) is 13.2 Å². The van der Waals surface area contributed by atoms with Crippen LogP contribution in [0.5, 0.6) is 0 Å². The Morgan fingerprint density at radius 3 is 2.30 bits per heavy atom. The Morgan fingerprint density at radius 1 is 1.00 bits per heavy atom. The molecule has 0 aliphatic rings. The van der Waals surface area contributed by atoms with Crippen molar-refractivity contribution in [3.8, 4) is 0 Å². The molecule has 0 aromatic heterocycles. The summed E-state index contributed by atoms with van der Waals surface area (Å²) in [5.41, 5.74) is 5.74. The van der Waals surface area contributed by atoms with Gasteiger partial charge in [-0.3, -0.25) is 4.99 Å². The molecular formula is C17H19NO2. The first-order valence-corrected chi connectivity index (χ1v) is 6.59. The molecular weight excluding hydrogens is 250 g/mol. The Balaban J connectivity index is 2.28. The molecule has 0 bridgehead atoms. The van der Waals surface area contributed by atoms with E-state index in [-0.39, 0.29) is 13.2 Å². The highest BCUT2D eigenvalue weighted by molar-refractivity contribution is 5.82. The quantitative estimate of drug-likeness (QED) is 0.838. The van der Waals surface area contributed by atoms with Gasteiger partial charge in [-0.2, -0.15) is 0 Å². The fourth-order valence-corrected chi connectivity index (χ4v) is 2.06. The first kappa shape index (κ1) is 14.4. The number of aliphatic imine (C=N–C) groups is 1. The third-order valence-electron chi connectivity index (χ3n) is 3.32. The van der Waals surface area contributed by atoms with Gasteiger partial charge in [0, 0.05) is 6.21 Å². The normalized spacial score (nSPS) is 11.2. The molecule has 104 valence electrons. The molecule has 20 heavy (non-hydrogen) atoms. The largest absolute Gasteiger partial charge is 0.392 e. The maximum atomic E-state index is 9.33. The highest BCUT2D eigenvalue weighted by Crippen LogP contribution is 2.24. The van der Waals surface area contributed by atoms with Crippen molar-refractivity contribution < 1.29 is 10.2 Å². The van der Waals surface area contributed by atoms with Gasteiger partial charge < -0.3 is 10.2 Å². The average Bonchev–Trinajstić information content (AvgIpc) is 2.48. The summed E-state index contributed by atoms with van der Waals surface area (Å²) in [7, 11) is 0. The van der Waals surface area contributed by atoms with Crippen molar-refractivity contribution >= 4 is 11.9 Å². The Labute approximate surface area is 119 Å². The Hall–Kier alpha value is -1.97. The smallest absolute Gasteiger partial charge is 0.0685 e. The number of aryl methyl sites for hydroxylation is 1. The fraction of sp³-hybridized carbons (Fsp3) is 0.235. The van der Waals surface area contributed by atoms with Crippen LogP contribution < -0.4 is 0 Å². The zero-order valence-electron chi connectivity index (χ0n) is 11.8. The summed E-state index contributed by atoms with van der Waals surface area (Å²) in [5, 5.41) is 18.3. The summed E-state index contributed by atoms with van der Waals surface area (Å²) >= 11 is 0. The van der Waals surface area contributed by atoms with E-state index in [0.717, 1.165) is 33.5 Å². The second kappa shape index (κ2) is 6.46. The summed E-state index contributed by atoms with van der Waals surface area (Å²) in [6, 6.07) is 11.6. The van der Waals surface area contributed by atoms with E-state index in [2.05, 4.69) is 4.99 Å². The molecule has 2 aromatic rings. The molecule has 0 fully saturated rings. The molecule has 3 heteroatoms. The van der Waals surface area contributed by atoms with Crippen LogP contribution in [0, 0.1) is 13.8 Å². The van der Waals surface area contributed by atoms with Crippen LogP contribution in [0.3, 0.4) is 0 Å². The molecule has 2 N–H and O–H groups in total. The summed E-state index contributed by atoms with van der Waals surface area (Å²) in [6.45, 7) is 4.04. The van der Waals surface area contributed by atoms with Crippen molar-refractivity contribution in [1.82, 2.24) is 0 Å². The van der Waals surface area contributed by atoms with Crippen LogP contribution in [0.4, 0.5) is 5.69 Å². The molecule has 0 unspecified atom stereocenters. The van der Waals surface area contributed by atoms with Crippen molar-refractivity contribution in [2.45, 2.75) is 27.1 Å². The van der Waals surface area contributed by atoms with Crippen LogP contribution in [0.15, 0.2) is 41.4 Å². The SMILES string of the molecule is Cc1cc(CO)c(C)c(N=Cc2ccc(CO)cc2)c1. The van der Waals surface area contributed by atoms with Gasteiger partial charge in [-0.15, -0.1) is 0 Å². The predicted octanol–water partition coefficient (Wildman–Crippen LogP) is 3.04. The summed E-state index contributed by atoms with van der Waals surface area (Å²) in [6.07, 6.45) is 1.80. The summed E-state index contributed by atoms with van der Waals surface area (Å²) < 4.78 is 0.